The van der Waals surface area contributed by atoms with E-state index >= 15 is 0 Å². The van der Waals surface area contributed by atoms with Gasteiger partial charge >= 0.3 is 6.03 Å². The minimum Gasteiger partial charge on any atom is -0.378 e. The summed E-state index contributed by atoms with van der Waals surface area (Å²) in [6.07, 6.45) is 0.128. The van der Waals surface area contributed by atoms with Crippen LogP contribution in [0.15, 0.2) is 54.6 Å². The van der Waals surface area contributed by atoms with Crippen molar-refractivity contribution in [2.24, 2.45) is 5.73 Å². The topological polar surface area (TPSA) is 87.5 Å². The molecule has 0 bridgehead atoms. The van der Waals surface area contributed by atoms with Crippen LogP contribution in [0, 0.1) is 0 Å². The van der Waals surface area contributed by atoms with Gasteiger partial charge in [-0.25, -0.2) is 4.79 Å². The molecular formula is C19H24N4O2. The highest BCUT2D eigenvalue weighted by Crippen LogP contribution is 2.16. The summed E-state index contributed by atoms with van der Waals surface area (Å²) in [4.78, 5) is 25.5. The molecule has 0 saturated carbocycles. The molecule has 25 heavy (non-hydrogen) atoms. The zero-order chi connectivity index (χ0) is 18.2. The molecular weight excluding hydrogens is 316 g/mol. The predicted molar refractivity (Wildman–Crippen MR) is 99.1 cm³/mol. The zero-order valence-electron chi connectivity index (χ0n) is 14.5. The molecule has 0 heterocycles. The van der Waals surface area contributed by atoms with Gasteiger partial charge in [0.05, 0.1) is 12.5 Å². The minimum absolute atomic E-state index is 0.128. The van der Waals surface area contributed by atoms with Gasteiger partial charge in [-0.05, 0) is 23.3 Å². The van der Waals surface area contributed by atoms with Crippen LogP contribution in [0.25, 0.3) is 0 Å². The fourth-order valence-electron chi connectivity index (χ4n) is 2.48. The molecule has 2 aromatic carbocycles. The number of nitrogens with one attached hydrogen (secondary N) is 2. The number of hydrogen-bond acceptors (Lipinski definition) is 3. The van der Waals surface area contributed by atoms with Crippen molar-refractivity contribution in [3.63, 3.8) is 0 Å². The molecule has 2 rings (SSSR count). The molecule has 6 heteroatoms. The summed E-state index contributed by atoms with van der Waals surface area (Å²) < 4.78 is 0. The zero-order valence-corrected chi connectivity index (χ0v) is 14.5. The smallest absolute Gasteiger partial charge is 0.312 e. The summed E-state index contributed by atoms with van der Waals surface area (Å²) in [6, 6.07) is 16.2. The fraction of sp³-hybridized carbons (Fsp3) is 0.263. The highest BCUT2D eigenvalue weighted by atomic mass is 16.2. The largest absolute Gasteiger partial charge is 0.378 e. The van der Waals surface area contributed by atoms with E-state index in [1.165, 1.54) is 0 Å². The lowest BCUT2D eigenvalue weighted by molar-refractivity contribution is -0.121. The Bertz CT molecular complexity index is 699. The van der Waals surface area contributed by atoms with Crippen molar-refractivity contribution >= 4 is 17.6 Å². The molecule has 6 nitrogen and oxygen atoms in total. The number of carbonyl (C=O) groups is 2. The van der Waals surface area contributed by atoms with Gasteiger partial charge in [-0.2, -0.15) is 0 Å². The lowest BCUT2D eigenvalue weighted by Gasteiger charge is -2.18. The molecule has 0 saturated heterocycles. The number of anilines is 1. The Balaban J connectivity index is 1.93. The van der Waals surface area contributed by atoms with E-state index in [1.54, 1.807) is 0 Å². The number of primary amides is 1. The molecule has 0 radical (unpaired) electrons. The average Bonchev–Trinajstić information content (AvgIpc) is 2.60. The van der Waals surface area contributed by atoms with Gasteiger partial charge in [-0.15, -0.1) is 0 Å². The second-order valence-corrected chi connectivity index (χ2v) is 6.01. The second kappa shape index (κ2) is 8.73. The number of carbonyl (C=O) groups excluding carboxylic acids is 2. The Kier molecular flexibility index (Phi) is 6.39. The van der Waals surface area contributed by atoms with Crippen LogP contribution in [0.2, 0.25) is 0 Å². The molecule has 4 N–H and O–H groups in total. The standard InChI is InChI=1S/C19H24N4O2/c1-23(2)16-10-8-14(9-11-16)13-21-18(24)12-17(22-19(20)25)15-6-4-3-5-7-15/h3-11,17H,12-13H2,1-2H3,(H,21,24)(H3,20,22,25). The van der Waals surface area contributed by atoms with Gasteiger partial charge < -0.3 is 21.3 Å². The first-order valence-corrected chi connectivity index (χ1v) is 8.09. The summed E-state index contributed by atoms with van der Waals surface area (Å²) in [5.74, 6) is -0.153. The monoisotopic (exact) mass is 340 g/mol. The molecule has 2 aromatic rings. The van der Waals surface area contributed by atoms with Gasteiger partial charge in [0, 0.05) is 26.3 Å². The third-order valence-corrected chi connectivity index (χ3v) is 3.85. The highest BCUT2D eigenvalue weighted by Gasteiger charge is 2.17. The Labute approximate surface area is 148 Å². The lowest BCUT2D eigenvalue weighted by atomic mass is 10.0. The van der Waals surface area contributed by atoms with Crippen molar-refractivity contribution in [1.82, 2.24) is 10.6 Å². The number of nitrogens with two attached hydrogens (primary N) is 1. The van der Waals surface area contributed by atoms with Crippen molar-refractivity contribution in [3.05, 3.63) is 65.7 Å². The summed E-state index contributed by atoms with van der Waals surface area (Å²) in [6.45, 7) is 0.435. The maximum Gasteiger partial charge on any atom is 0.312 e. The molecule has 0 aliphatic carbocycles. The first-order chi connectivity index (χ1) is 12.0. The second-order valence-electron chi connectivity index (χ2n) is 6.01. The van der Waals surface area contributed by atoms with Crippen LogP contribution < -0.4 is 21.3 Å². The van der Waals surface area contributed by atoms with Gasteiger partial charge in [0.2, 0.25) is 5.91 Å². The summed E-state index contributed by atoms with van der Waals surface area (Å²) >= 11 is 0. The van der Waals surface area contributed by atoms with E-state index in [1.807, 2.05) is 73.6 Å². The molecule has 0 fully saturated rings. The van der Waals surface area contributed by atoms with Gasteiger partial charge in [-0.1, -0.05) is 42.5 Å². The number of hydrogen-bond donors (Lipinski definition) is 3. The SMILES string of the molecule is CN(C)c1ccc(CNC(=O)CC(NC(N)=O)c2ccccc2)cc1. The van der Waals surface area contributed by atoms with Crippen molar-refractivity contribution < 1.29 is 9.59 Å². The van der Waals surface area contributed by atoms with Gasteiger partial charge in [0.1, 0.15) is 0 Å². The van der Waals surface area contributed by atoms with Crippen LogP contribution in [-0.2, 0) is 11.3 Å². The normalized spacial score (nSPS) is 11.4. The maximum atomic E-state index is 12.2. The van der Waals surface area contributed by atoms with Crippen molar-refractivity contribution in [2.45, 2.75) is 19.0 Å². The quantitative estimate of drug-likeness (QED) is 0.722. The Morgan fingerprint density at radius 1 is 1.04 bits per heavy atom. The molecule has 1 unspecified atom stereocenters. The number of urea groups is 1. The van der Waals surface area contributed by atoms with Gasteiger partial charge in [0.25, 0.3) is 0 Å². The predicted octanol–water partition coefficient (Wildman–Crippen LogP) is 2.17. The highest BCUT2D eigenvalue weighted by molar-refractivity contribution is 5.78. The molecule has 0 aromatic heterocycles. The van der Waals surface area contributed by atoms with E-state index < -0.39 is 12.1 Å². The number of nitrogens with zero attached hydrogens (tertiary/aromatic N) is 1. The number of amides is 3. The maximum absolute atomic E-state index is 12.2. The van der Waals surface area contributed by atoms with E-state index in [0.29, 0.717) is 6.54 Å². The van der Waals surface area contributed by atoms with E-state index in [4.69, 9.17) is 5.73 Å². The Hall–Kier alpha value is -3.02. The number of rotatable bonds is 7. The van der Waals surface area contributed by atoms with Crippen LogP contribution in [0.3, 0.4) is 0 Å². The summed E-state index contributed by atoms with van der Waals surface area (Å²) in [7, 11) is 3.96. The number of benzene rings is 2. The average molecular weight is 340 g/mol. The summed E-state index contributed by atoms with van der Waals surface area (Å²) in [5, 5.41) is 5.49. The van der Waals surface area contributed by atoms with Crippen LogP contribution in [0.1, 0.15) is 23.6 Å². The van der Waals surface area contributed by atoms with E-state index in [2.05, 4.69) is 10.6 Å². The van der Waals surface area contributed by atoms with E-state index in [-0.39, 0.29) is 12.3 Å². The fourth-order valence-corrected chi connectivity index (χ4v) is 2.48. The van der Waals surface area contributed by atoms with E-state index in [9.17, 15) is 9.59 Å². The van der Waals surface area contributed by atoms with Crippen LogP contribution in [-0.4, -0.2) is 26.0 Å². The van der Waals surface area contributed by atoms with Crippen molar-refractivity contribution in [1.29, 1.82) is 0 Å². The van der Waals surface area contributed by atoms with Crippen LogP contribution >= 0.6 is 0 Å². The third-order valence-electron chi connectivity index (χ3n) is 3.85. The molecule has 132 valence electrons. The van der Waals surface area contributed by atoms with Crippen LogP contribution in [0.4, 0.5) is 10.5 Å². The Morgan fingerprint density at radius 2 is 1.68 bits per heavy atom. The van der Waals surface area contributed by atoms with Crippen molar-refractivity contribution in [3.8, 4) is 0 Å². The lowest BCUT2D eigenvalue weighted by Crippen LogP contribution is -2.36. The minimum atomic E-state index is -0.652. The molecule has 0 aliphatic heterocycles. The first kappa shape index (κ1) is 18.3. The molecule has 0 aliphatic rings. The molecule has 3 amide bonds. The van der Waals surface area contributed by atoms with Gasteiger partial charge in [-0.3, -0.25) is 4.79 Å². The Morgan fingerprint density at radius 3 is 2.24 bits per heavy atom. The summed E-state index contributed by atoms with van der Waals surface area (Å²) in [5.41, 5.74) is 8.18. The third kappa shape index (κ3) is 5.84. The molecule has 0 spiro atoms. The van der Waals surface area contributed by atoms with E-state index in [0.717, 1.165) is 16.8 Å². The van der Waals surface area contributed by atoms with Crippen LogP contribution in [0.5, 0.6) is 0 Å². The van der Waals surface area contributed by atoms with Gasteiger partial charge in [0.15, 0.2) is 0 Å². The molecule has 1 atom stereocenters. The first-order valence-electron chi connectivity index (χ1n) is 8.09. The van der Waals surface area contributed by atoms with Crippen molar-refractivity contribution in [2.75, 3.05) is 19.0 Å².